The normalized spacial score (nSPS) is 12.2. The monoisotopic (exact) mass is 1490 g/mol. The van der Waals surface area contributed by atoms with Gasteiger partial charge in [0.1, 0.15) is 0 Å². The van der Waals surface area contributed by atoms with Crippen LogP contribution in [0.4, 0.5) is 0 Å². The molecule has 0 unspecified atom stereocenters. The third-order valence-electron chi connectivity index (χ3n) is 22.8. The maximum atomic E-state index is 5.46. The summed E-state index contributed by atoms with van der Waals surface area (Å²) >= 11 is 3.66. The average Bonchev–Trinajstić information content (AvgIpc) is 1.27. The Morgan fingerprint density at radius 3 is 1.26 bits per heavy atom. The highest BCUT2D eigenvalue weighted by Crippen LogP contribution is 2.48. The van der Waals surface area contributed by atoms with E-state index >= 15 is 0 Å². The summed E-state index contributed by atoms with van der Waals surface area (Å²) in [5, 5.41) is 13.1. The van der Waals surface area contributed by atoms with Crippen LogP contribution >= 0.6 is 22.7 Å². The fourth-order valence-corrected chi connectivity index (χ4v) is 19.6. The third kappa shape index (κ3) is 11.9. The molecule has 0 aliphatic heterocycles. The summed E-state index contributed by atoms with van der Waals surface area (Å²) in [6.07, 6.45) is 4.29. The van der Waals surface area contributed by atoms with Gasteiger partial charge >= 0.3 is 0 Å². The molecule has 0 saturated carbocycles. The molecule has 4 aromatic heterocycles. The van der Waals surface area contributed by atoms with Gasteiger partial charge in [-0.05, 0) is 194 Å². The zero-order chi connectivity index (χ0) is 75.2. The van der Waals surface area contributed by atoms with Crippen LogP contribution in [0.15, 0.2) is 370 Å². The number of hydrogen-bond acceptors (Lipinski definition) is 8. The number of nitrogens with zero attached hydrogens (tertiary/aromatic N) is 6. The van der Waals surface area contributed by atoms with Crippen molar-refractivity contribution in [2.75, 3.05) is 0 Å². The van der Waals surface area contributed by atoms with E-state index in [4.69, 9.17) is 29.9 Å². The number of aryl methyl sites for hydroxylation is 1. The van der Waals surface area contributed by atoms with Gasteiger partial charge in [-0.15, -0.1) is 22.7 Å². The molecule has 0 atom stereocenters. The number of fused-ring (bicyclic) bond motifs is 11. The Bertz CT molecular complexity index is 7450. The summed E-state index contributed by atoms with van der Waals surface area (Å²) in [6, 6.07) is 133. The Kier molecular flexibility index (Phi) is 16.3. The molecule has 4 heterocycles. The summed E-state index contributed by atoms with van der Waals surface area (Å²) in [6.45, 7) is 0. The topological polar surface area (TPSA) is 77.3 Å². The van der Waals surface area contributed by atoms with E-state index in [1.54, 1.807) is 11.3 Å². The first kappa shape index (κ1) is 66.7. The van der Waals surface area contributed by atoms with E-state index in [9.17, 15) is 0 Å². The van der Waals surface area contributed by atoms with Crippen LogP contribution in [0.3, 0.4) is 0 Å². The molecule has 6 nitrogen and oxygen atoms in total. The fraction of sp³-hybridized carbons (Fsp3) is 0.0189. The van der Waals surface area contributed by atoms with Crippen LogP contribution in [0.5, 0.6) is 0 Å². The van der Waals surface area contributed by atoms with E-state index in [2.05, 4.69) is 376 Å². The van der Waals surface area contributed by atoms with Crippen LogP contribution in [0.2, 0.25) is 0 Å². The fourth-order valence-electron chi connectivity index (χ4n) is 17.1. The molecular weight excluding hydrogens is 1420 g/mol. The molecule has 0 saturated heterocycles. The first-order chi connectivity index (χ1) is 56.5. The number of allylic oxidation sites excluding steroid dienone is 1. The van der Waals surface area contributed by atoms with Crippen LogP contribution in [-0.4, -0.2) is 29.9 Å². The minimum Gasteiger partial charge on any atom is -0.208 e. The quantitative estimate of drug-likeness (QED) is 0.107. The van der Waals surface area contributed by atoms with Crippen molar-refractivity contribution in [2.45, 2.75) is 12.8 Å². The van der Waals surface area contributed by atoms with Crippen molar-refractivity contribution in [3.05, 3.63) is 386 Å². The summed E-state index contributed by atoms with van der Waals surface area (Å²) in [7, 11) is 0. The van der Waals surface area contributed by atoms with Crippen molar-refractivity contribution < 1.29 is 0 Å². The van der Waals surface area contributed by atoms with E-state index in [0.29, 0.717) is 34.9 Å². The zero-order valence-corrected chi connectivity index (χ0v) is 63.3. The van der Waals surface area contributed by atoms with Gasteiger partial charge in [-0.25, -0.2) is 29.9 Å². The molecule has 1 aliphatic rings. The van der Waals surface area contributed by atoms with Gasteiger partial charge in [0.25, 0.3) is 0 Å². The number of aromatic nitrogens is 6. The molecule has 114 heavy (non-hydrogen) atoms. The Hall–Kier alpha value is -14.3. The van der Waals surface area contributed by atoms with Gasteiger partial charge in [-0.2, -0.15) is 0 Å². The molecule has 0 amide bonds. The van der Waals surface area contributed by atoms with Gasteiger partial charge in [0.05, 0.1) is 0 Å². The third-order valence-corrected chi connectivity index (χ3v) is 25.3. The Labute approximate surface area is 666 Å². The van der Waals surface area contributed by atoms with E-state index in [1.165, 1.54) is 96.1 Å². The Morgan fingerprint density at radius 1 is 0.193 bits per heavy atom. The van der Waals surface area contributed by atoms with E-state index in [-0.39, 0.29) is 0 Å². The number of rotatable bonds is 13. The molecule has 17 aromatic carbocycles. The molecule has 21 aromatic rings. The van der Waals surface area contributed by atoms with E-state index in [1.807, 2.05) is 11.3 Å². The van der Waals surface area contributed by atoms with Gasteiger partial charge in [-0.1, -0.05) is 322 Å². The molecule has 8 heteroatoms. The minimum absolute atomic E-state index is 0.621. The second kappa shape index (κ2) is 27.9. The standard InChI is InChI=1S/C106H66N6S2/c1-4-22-65(23-5-1)73-52-44-67-45-53-74(61-78(67)60-73)66-42-50-72(51-43-66)101-107-102(89-35-16-12-29-79(89)68-24-6-2-7-25-68)110-105(108-101)93-40-21-38-88-96-63-76(55-59-98(96)114-100(88)93)75-54-56-85-81-31-11-10-28-77(81)64-94(95(85)62-75)71-48-46-70(47-49-71)82-57-58-91(84-33-15-14-32-83(82)84)104-109-103(90-36-17-13-30-80(90)69-26-8-3-9-27-69)111-106(112-104)92-39-20-37-87-86-34-18-19-41-97(86)113-99(87)92/h1-54,56-58,60-64H,55,59H2. The first-order valence-corrected chi connectivity index (χ1v) is 40.4. The van der Waals surface area contributed by atoms with Gasteiger partial charge in [0, 0.05) is 68.5 Å². The molecule has 0 fully saturated rings. The predicted octanol–water partition coefficient (Wildman–Crippen LogP) is 28.7. The maximum Gasteiger partial charge on any atom is 0.165 e. The van der Waals surface area contributed by atoms with Crippen LogP contribution < -0.4 is 0 Å². The average molecular weight is 1490 g/mol. The highest BCUT2D eigenvalue weighted by Gasteiger charge is 2.26. The van der Waals surface area contributed by atoms with E-state index in [0.717, 1.165) is 112 Å². The van der Waals surface area contributed by atoms with Crippen LogP contribution in [0.25, 0.3) is 220 Å². The van der Waals surface area contributed by atoms with Crippen molar-refractivity contribution in [3.63, 3.8) is 0 Å². The van der Waals surface area contributed by atoms with Crippen molar-refractivity contribution in [3.8, 4) is 135 Å². The smallest absolute Gasteiger partial charge is 0.165 e. The largest absolute Gasteiger partial charge is 0.208 e. The zero-order valence-electron chi connectivity index (χ0n) is 61.7. The van der Waals surface area contributed by atoms with Crippen molar-refractivity contribution in [2.24, 2.45) is 0 Å². The summed E-state index contributed by atoms with van der Waals surface area (Å²) in [4.78, 5) is 33.9. The second-order valence-electron chi connectivity index (χ2n) is 29.4. The van der Waals surface area contributed by atoms with Crippen LogP contribution in [-0.2, 0) is 6.42 Å². The second-order valence-corrected chi connectivity index (χ2v) is 31.6. The molecule has 22 rings (SSSR count). The molecule has 1 aliphatic carbocycles. The summed E-state index contributed by atoms with van der Waals surface area (Å²) in [5.41, 5.74) is 23.1. The van der Waals surface area contributed by atoms with Gasteiger partial charge in [0.2, 0.25) is 0 Å². The van der Waals surface area contributed by atoms with Gasteiger partial charge in [-0.3, -0.25) is 0 Å². The Morgan fingerprint density at radius 2 is 0.623 bits per heavy atom. The lowest BCUT2D eigenvalue weighted by atomic mass is 9.87. The number of benzene rings is 17. The molecule has 0 radical (unpaired) electrons. The molecule has 0 N–H and O–H groups in total. The highest BCUT2D eigenvalue weighted by atomic mass is 32.1. The molecule has 0 bridgehead atoms. The molecule has 0 spiro atoms. The summed E-state index contributed by atoms with van der Waals surface area (Å²) in [5.74, 6) is 3.78. The number of hydrogen-bond donors (Lipinski definition) is 0. The van der Waals surface area contributed by atoms with Crippen LogP contribution in [0, 0.1) is 0 Å². The Balaban J connectivity index is 0.611. The lowest BCUT2D eigenvalue weighted by Crippen LogP contribution is -2.01. The van der Waals surface area contributed by atoms with Gasteiger partial charge < -0.3 is 0 Å². The first-order valence-electron chi connectivity index (χ1n) is 38.7. The van der Waals surface area contributed by atoms with Gasteiger partial charge in [0.15, 0.2) is 34.9 Å². The predicted molar refractivity (Wildman–Crippen MR) is 479 cm³/mol. The minimum atomic E-state index is 0.621. The lowest BCUT2D eigenvalue weighted by molar-refractivity contribution is 1.03. The molecular formula is C106H66N6S2. The van der Waals surface area contributed by atoms with Crippen molar-refractivity contribution in [1.29, 1.82) is 0 Å². The maximum absolute atomic E-state index is 5.46. The highest BCUT2D eigenvalue weighted by molar-refractivity contribution is 7.26. The lowest BCUT2D eigenvalue weighted by Gasteiger charge is -2.17. The van der Waals surface area contributed by atoms with E-state index < -0.39 is 0 Å². The summed E-state index contributed by atoms with van der Waals surface area (Å²) < 4.78 is 3.56. The number of thiophene rings is 2. The SMILES string of the molecule is C1=C(c2ccc3c(c2)c(-c2ccc(-c4ccc(-c5nc(-c6ccccc6-c6ccccc6)nc(-c6cccc7c6sc6ccccc67)n5)c5ccccc45)cc2)cc2ccccc23)CCc2sc3c(-c4nc(-c5ccc(-c6ccc7ccc(-c8ccccc8)cc7c6)cc5)nc(-c5ccccc5-c5ccccc5)n4)cccc3c21. The molecule has 532 valence electrons. The van der Waals surface area contributed by atoms with Crippen molar-refractivity contribution in [1.82, 2.24) is 29.9 Å². The van der Waals surface area contributed by atoms with Crippen LogP contribution in [0.1, 0.15) is 22.4 Å². The van der Waals surface area contributed by atoms with Crippen molar-refractivity contribution >= 4 is 108 Å².